The van der Waals surface area contributed by atoms with E-state index in [0.29, 0.717) is 30.0 Å². The highest BCUT2D eigenvalue weighted by Gasteiger charge is 2.24. The Labute approximate surface area is 156 Å². The summed E-state index contributed by atoms with van der Waals surface area (Å²) in [7, 11) is 0. The summed E-state index contributed by atoms with van der Waals surface area (Å²) in [6, 6.07) is 14.6. The summed E-state index contributed by atoms with van der Waals surface area (Å²) in [4.78, 5) is 31.0. The van der Waals surface area contributed by atoms with Crippen molar-refractivity contribution in [3.63, 3.8) is 0 Å². The van der Waals surface area contributed by atoms with Gasteiger partial charge >= 0.3 is 0 Å². The first kappa shape index (κ1) is 17.3. The molecule has 1 aliphatic rings. The molecule has 3 aromatic rings. The maximum absolute atomic E-state index is 12.8. The van der Waals surface area contributed by atoms with Crippen LogP contribution in [0.5, 0.6) is 5.75 Å². The lowest BCUT2D eigenvalue weighted by atomic mass is 9.89. The van der Waals surface area contributed by atoms with Crippen molar-refractivity contribution in [3.8, 4) is 5.75 Å². The van der Waals surface area contributed by atoms with Gasteiger partial charge in [-0.15, -0.1) is 0 Å². The summed E-state index contributed by atoms with van der Waals surface area (Å²) in [5, 5.41) is 9.42. The summed E-state index contributed by atoms with van der Waals surface area (Å²) in [6.45, 7) is 1.37. The third-order valence-electron chi connectivity index (χ3n) is 5.26. The molecule has 1 aromatic heterocycles. The molecule has 0 aliphatic carbocycles. The van der Waals surface area contributed by atoms with E-state index in [9.17, 15) is 14.7 Å². The Morgan fingerprint density at radius 3 is 2.52 bits per heavy atom. The third kappa shape index (κ3) is 3.56. The van der Waals surface area contributed by atoms with E-state index in [1.165, 1.54) is 16.3 Å². The molecule has 2 heterocycles. The van der Waals surface area contributed by atoms with Crippen LogP contribution in [0.1, 0.15) is 24.3 Å². The average Bonchev–Trinajstić information content (AvgIpc) is 2.71. The van der Waals surface area contributed by atoms with Gasteiger partial charge in [-0.25, -0.2) is 4.98 Å². The Morgan fingerprint density at radius 1 is 1.07 bits per heavy atom. The third-order valence-corrected chi connectivity index (χ3v) is 5.26. The second kappa shape index (κ2) is 7.23. The maximum Gasteiger partial charge on any atom is 0.269 e. The fraction of sp³-hybridized carbons (Fsp3) is 0.286. The Bertz CT molecular complexity index is 1020. The van der Waals surface area contributed by atoms with Crippen LogP contribution in [0, 0.1) is 0 Å². The SMILES string of the molecule is O=C(Cn1c(=O)cnc2ccccc21)N1CCC(c2ccc(O)cc2)CC1. The van der Waals surface area contributed by atoms with Crippen molar-refractivity contribution < 1.29 is 9.90 Å². The minimum Gasteiger partial charge on any atom is -0.508 e. The number of rotatable bonds is 3. The molecule has 6 heteroatoms. The predicted octanol–water partition coefficient (Wildman–Crippen LogP) is 2.51. The molecule has 0 unspecified atom stereocenters. The number of nitrogens with zero attached hydrogens (tertiary/aromatic N) is 3. The van der Waals surface area contributed by atoms with E-state index in [1.54, 1.807) is 12.1 Å². The van der Waals surface area contributed by atoms with Crippen LogP contribution in [0.4, 0.5) is 0 Å². The summed E-state index contributed by atoms with van der Waals surface area (Å²) >= 11 is 0. The molecule has 4 rings (SSSR count). The lowest BCUT2D eigenvalue weighted by molar-refractivity contribution is -0.132. The standard InChI is InChI=1S/C21H21N3O3/c25-17-7-5-15(6-8-17)16-9-11-23(12-10-16)21(27)14-24-19-4-2-1-3-18(19)22-13-20(24)26/h1-8,13,16,25H,9-12,14H2. The minimum absolute atomic E-state index is 0.0335. The first-order chi connectivity index (χ1) is 13.1. The highest BCUT2D eigenvalue weighted by molar-refractivity contribution is 5.80. The van der Waals surface area contributed by atoms with E-state index in [-0.39, 0.29) is 23.8 Å². The predicted molar refractivity (Wildman–Crippen MR) is 103 cm³/mol. The fourth-order valence-corrected chi connectivity index (χ4v) is 3.72. The normalized spacial score (nSPS) is 15.2. The largest absolute Gasteiger partial charge is 0.508 e. The lowest BCUT2D eigenvalue weighted by Crippen LogP contribution is -2.41. The molecule has 0 atom stereocenters. The van der Waals surface area contributed by atoms with Gasteiger partial charge in [-0.2, -0.15) is 0 Å². The number of fused-ring (bicyclic) bond motifs is 1. The van der Waals surface area contributed by atoms with Crippen LogP contribution in [0.25, 0.3) is 11.0 Å². The Morgan fingerprint density at radius 2 is 1.78 bits per heavy atom. The van der Waals surface area contributed by atoms with Crippen molar-refractivity contribution in [1.29, 1.82) is 0 Å². The van der Waals surface area contributed by atoms with Crippen LogP contribution in [0.2, 0.25) is 0 Å². The van der Waals surface area contributed by atoms with E-state index in [1.807, 2.05) is 41.3 Å². The van der Waals surface area contributed by atoms with E-state index in [2.05, 4.69) is 4.98 Å². The molecule has 1 N–H and O–H groups in total. The molecule has 1 amide bonds. The van der Waals surface area contributed by atoms with Crippen molar-refractivity contribution in [2.24, 2.45) is 0 Å². The van der Waals surface area contributed by atoms with Gasteiger partial charge in [0.2, 0.25) is 5.91 Å². The van der Waals surface area contributed by atoms with Crippen LogP contribution in [-0.4, -0.2) is 38.6 Å². The van der Waals surface area contributed by atoms with Crippen LogP contribution in [-0.2, 0) is 11.3 Å². The maximum atomic E-state index is 12.8. The summed E-state index contributed by atoms with van der Waals surface area (Å²) in [5.41, 5.74) is 2.31. The topological polar surface area (TPSA) is 75.4 Å². The number of hydrogen-bond acceptors (Lipinski definition) is 4. The van der Waals surface area contributed by atoms with Crippen LogP contribution in [0.3, 0.4) is 0 Å². The smallest absolute Gasteiger partial charge is 0.269 e. The zero-order chi connectivity index (χ0) is 18.8. The number of hydrogen-bond donors (Lipinski definition) is 1. The number of phenolic OH excluding ortho intramolecular Hbond substituents is 1. The average molecular weight is 363 g/mol. The number of para-hydroxylation sites is 2. The van der Waals surface area contributed by atoms with Crippen molar-refractivity contribution in [2.75, 3.05) is 13.1 Å². The molecule has 1 saturated heterocycles. The van der Waals surface area contributed by atoms with Gasteiger partial charge in [0.05, 0.1) is 17.2 Å². The number of phenols is 1. The zero-order valence-electron chi connectivity index (χ0n) is 14.9. The van der Waals surface area contributed by atoms with Gasteiger partial charge in [-0.3, -0.25) is 14.2 Å². The van der Waals surface area contributed by atoms with Crippen LogP contribution in [0.15, 0.2) is 59.5 Å². The van der Waals surface area contributed by atoms with E-state index < -0.39 is 0 Å². The summed E-state index contributed by atoms with van der Waals surface area (Å²) in [5.74, 6) is 0.609. The summed E-state index contributed by atoms with van der Waals surface area (Å²) < 4.78 is 1.50. The monoisotopic (exact) mass is 363 g/mol. The van der Waals surface area contributed by atoms with Crippen molar-refractivity contribution >= 4 is 16.9 Å². The molecular formula is C21H21N3O3. The van der Waals surface area contributed by atoms with Gasteiger partial charge in [0.1, 0.15) is 12.3 Å². The van der Waals surface area contributed by atoms with Gasteiger partial charge < -0.3 is 10.0 Å². The first-order valence-corrected chi connectivity index (χ1v) is 9.13. The second-order valence-electron chi connectivity index (χ2n) is 6.92. The van der Waals surface area contributed by atoms with Crippen molar-refractivity contribution in [1.82, 2.24) is 14.5 Å². The van der Waals surface area contributed by atoms with Gasteiger partial charge in [0.15, 0.2) is 0 Å². The number of carbonyl (C=O) groups excluding carboxylic acids is 1. The highest BCUT2D eigenvalue weighted by Crippen LogP contribution is 2.29. The number of aromatic nitrogens is 2. The molecule has 27 heavy (non-hydrogen) atoms. The number of aromatic hydroxyl groups is 1. The molecule has 2 aromatic carbocycles. The second-order valence-corrected chi connectivity index (χ2v) is 6.92. The first-order valence-electron chi connectivity index (χ1n) is 9.13. The fourth-order valence-electron chi connectivity index (χ4n) is 3.72. The van der Waals surface area contributed by atoms with E-state index in [4.69, 9.17) is 0 Å². The molecule has 1 fully saturated rings. The molecule has 1 aliphatic heterocycles. The highest BCUT2D eigenvalue weighted by atomic mass is 16.3. The van der Waals surface area contributed by atoms with Crippen molar-refractivity contribution in [3.05, 3.63) is 70.6 Å². The minimum atomic E-state index is -0.263. The lowest BCUT2D eigenvalue weighted by Gasteiger charge is -2.32. The van der Waals surface area contributed by atoms with Crippen LogP contribution >= 0.6 is 0 Å². The molecular weight excluding hydrogens is 342 g/mol. The Kier molecular flexibility index (Phi) is 4.62. The molecule has 0 spiro atoms. The number of carbonyl (C=O) groups is 1. The molecule has 0 saturated carbocycles. The van der Waals surface area contributed by atoms with Crippen molar-refractivity contribution in [2.45, 2.75) is 25.3 Å². The van der Waals surface area contributed by atoms with Gasteiger partial charge in [-0.1, -0.05) is 24.3 Å². The van der Waals surface area contributed by atoms with E-state index in [0.717, 1.165) is 12.8 Å². The van der Waals surface area contributed by atoms with Gasteiger partial charge in [0, 0.05) is 13.1 Å². The number of amides is 1. The molecule has 6 nitrogen and oxygen atoms in total. The number of likely N-dealkylation sites (tertiary alicyclic amines) is 1. The Hall–Kier alpha value is -3.15. The molecule has 0 bridgehead atoms. The quantitative estimate of drug-likeness (QED) is 0.776. The zero-order valence-corrected chi connectivity index (χ0v) is 14.9. The molecule has 138 valence electrons. The van der Waals surface area contributed by atoms with E-state index >= 15 is 0 Å². The van der Waals surface area contributed by atoms with Crippen LogP contribution < -0.4 is 5.56 Å². The van der Waals surface area contributed by atoms with Gasteiger partial charge in [-0.05, 0) is 48.6 Å². The Balaban J connectivity index is 1.45. The summed E-state index contributed by atoms with van der Waals surface area (Å²) in [6.07, 6.45) is 3.03. The number of benzene rings is 2. The number of piperidine rings is 1. The van der Waals surface area contributed by atoms with Gasteiger partial charge in [0.25, 0.3) is 5.56 Å². The molecule has 0 radical (unpaired) electrons.